The van der Waals surface area contributed by atoms with Crippen LogP contribution in [-0.4, -0.2) is 34.8 Å². The predicted molar refractivity (Wildman–Crippen MR) is 77.1 cm³/mol. The third-order valence-electron chi connectivity index (χ3n) is 2.76. The van der Waals surface area contributed by atoms with Crippen LogP contribution in [0.15, 0.2) is 42.6 Å². The number of benzene rings is 1. The molecule has 0 unspecified atom stereocenters. The summed E-state index contributed by atoms with van der Waals surface area (Å²) in [4.78, 5) is 23.0. The maximum absolute atomic E-state index is 11.9. The van der Waals surface area contributed by atoms with E-state index in [0.717, 1.165) is 5.69 Å². The lowest BCUT2D eigenvalue weighted by Crippen LogP contribution is -2.27. The van der Waals surface area contributed by atoms with Crippen molar-refractivity contribution < 1.29 is 14.3 Å². The number of hydrogen-bond donors (Lipinski definition) is 1. The lowest BCUT2D eigenvalue weighted by molar-refractivity contribution is -0.142. The van der Waals surface area contributed by atoms with Crippen molar-refractivity contribution in [2.45, 2.75) is 13.3 Å². The van der Waals surface area contributed by atoms with E-state index in [-0.39, 0.29) is 24.8 Å². The van der Waals surface area contributed by atoms with Crippen LogP contribution < -0.4 is 5.32 Å². The van der Waals surface area contributed by atoms with Gasteiger partial charge in [0.05, 0.1) is 18.7 Å². The highest BCUT2D eigenvalue weighted by molar-refractivity contribution is 5.92. The molecule has 110 valence electrons. The van der Waals surface area contributed by atoms with E-state index in [0.29, 0.717) is 12.3 Å². The van der Waals surface area contributed by atoms with E-state index < -0.39 is 0 Å². The monoisotopic (exact) mass is 287 g/mol. The number of amides is 1. The van der Waals surface area contributed by atoms with Gasteiger partial charge in [-0.2, -0.15) is 5.10 Å². The Balaban J connectivity index is 1.89. The number of aromatic nitrogens is 2. The number of ether oxygens (including phenoxy) is 1. The van der Waals surface area contributed by atoms with Gasteiger partial charge in [-0.15, -0.1) is 0 Å². The van der Waals surface area contributed by atoms with Gasteiger partial charge in [-0.05, 0) is 25.1 Å². The van der Waals surface area contributed by atoms with Crippen LogP contribution >= 0.6 is 0 Å². The predicted octanol–water partition coefficient (Wildman–Crippen LogP) is 1.56. The molecule has 0 radical (unpaired) electrons. The van der Waals surface area contributed by atoms with E-state index in [1.807, 2.05) is 30.3 Å². The Hall–Kier alpha value is -2.63. The van der Waals surface area contributed by atoms with Gasteiger partial charge in [-0.25, -0.2) is 4.68 Å². The third-order valence-corrected chi connectivity index (χ3v) is 2.76. The summed E-state index contributed by atoms with van der Waals surface area (Å²) >= 11 is 0. The Kier molecular flexibility index (Phi) is 5.09. The largest absolute Gasteiger partial charge is 0.466 e. The van der Waals surface area contributed by atoms with Gasteiger partial charge < -0.3 is 10.1 Å². The fourth-order valence-corrected chi connectivity index (χ4v) is 1.77. The summed E-state index contributed by atoms with van der Waals surface area (Å²) in [5.74, 6) is -0.637. The maximum atomic E-state index is 11.9. The SMILES string of the molecule is CCOC(=O)CCNC(=O)c1ccn(-c2ccccc2)n1. The minimum absolute atomic E-state index is 0.152. The number of carbonyl (C=O) groups excluding carboxylic acids is 2. The summed E-state index contributed by atoms with van der Waals surface area (Å²) in [6.45, 7) is 2.32. The third kappa shape index (κ3) is 4.17. The van der Waals surface area contributed by atoms with Crippen LogP contribution in [0.25, 0.3) is 5.69 Å². The van der Waals surface area contributed by atoms with Gasteiger partial charge in [0.1, 0.15) is 0 Å². The highest BCUT2D eigenvalue weighted by Gasteiger charge is 2.10. The van der Waals surface area contributed by atoms with Crippen molar-refractivity contribution in [2.24, 2.45) is 0 Å². The minimum atomic E-state index is -0.326. The highest BCUT2D eigenvalue weighted by Crippen LogP contribution is 2.06. The summed E-state index contributed by atoms with van der Waals surface area (Å²) < 4.78 is 6.41. The van der Waals surface area contributed by atoms with Crippen molar-refractivity contribution in [1.82, 2.24) is 15.1 Å². The molecule has 6 heteroatoms. The molecule has 0 bridgehead atoms. The smallest absolute Gasteiger partial charge is 0.307 e. The molecule has 0 saturated carbocycles. The van der Waals surface area contributed by atoms with Crippen LogP contribution in [0, 0.1) is 0 Å². The number of nitrogens with zero attached hydrogens (tertiary/aromatic N) is 2. The van der Waals surface area contributed by atoms with Crippen molar-refractivity contribution in [2.75, 3.05) is 13.2 Å². The first kappa shape index (κ1) is 14.8. The number of hydrogen-bond acceptors (Lipinski definition) is 4. The summed E-state index contributed by atoms with van der Waals surface area (Å²) in [6, 6.07) is 11.1. The average Bonchev–Trinajstić information content (AvgIpc) is 2.98. The quantitative estimate of drug-likeness (QED) is 0.818. The number of esters is 1. The van der Waals surface area contributed by atoms with Crippen LogP contribution in [0.3, 0.4) is 0 Å². The van der Waals surface area contributed by atoms with Gasteiger partial charge in [0.15, 0.2) is 5.69 Å². The Labute approximate surface area is 122 Å². The fourth-order valence-electron chi connectivity index (χ4n) is 1.77. The van der Waals surface area contributed by atoms with Crippen LogP contribution in [0.4, 0.5) is 0 Å². The van der Waals surface area contributed by atoms with Gasteiger partial charge in [0.2, 0.25) is 0 Å². The van der Waals surface area contributed by atoms with Crippen molar-refractivity contribution >= 4 is 11.9 Å². The summed E-state index contributed by atoms with van der Waals surface area (Å²) in [6.07, 6.45) is 1.87. The zero-order valence-electron chi connectivity index (χ0n) is 11.8. The average molecular weight is 287 g/mol. The Bertz CT molecular complexity index is 608. The number of carbonyl (C=O) groups is 2. The highest BCUT2D eigenvalue weighted by atomic mass is 16.5. The fraction of sp³-hybridized carbons (Fsp3) is 0.267. The molecule has 0 saturated heterocycles. The Morgan fingerprint density at radius 3 is 2.71 bits per heavy atom. The molecule has 1 heterocycles. The van der Waals surface area contributed by atoms with Crippen LogP contribution in [0.5, 0.6) is 0 Å². The first-order valence-electron chi connectivity index (χ1n) is 6.75. The molecule has 6 nitrogen and oxygen atoms in total. The van der Waals surface area contributed by atoms with Crippen LogP contribution in [0.2, 0.25) is 0 Å². The lowest BCUT2D eigenvalue weighted by Gasteiger charge is -2.03. The second kappa shape index (κ2) is 7.23. The molecular weight excluding hydrogens is 270 g/mol. The van der Waals surface area contributed by atoms with E-state index in [9.17, 15) is 9.59 Å². The molecule has 0 aliphatic rings. The van der Waals surface area contributed by atoms with Gasteiger partial charge in [0.25, 0.3) is 5.91 Å². The molecule has 1 aromatic carbocycles. The van der Waals surface area contributed by atoms with Gasteiger partial charge in [-0.3, -0.25) is 9.59 Å². The molecule has 0 fully saturated rings. The molecule has 1 aromatic heterocycles. The second-order valence-electron chi connectivity index (χ2n) is 4.29. The number of rotatable bonds is 6. The van der Waals surface area contributed by atoms with Crippen molar-refractivity contribution in [3.8, 4) is 5.69 Å². The van der Waals surface area contributed by atoms with Crippen molar-refractivity contribution in [3.63, 3.8) is 0 Å². The van der Waals surface area contributed by atoms with Crippen molar-refractivity contribution in [1.29, 1.82) is 0 Å². The molecule has 21 heavy (non-hydrogen) atoms. The molecule has 2 rings (SSSR count). The minimum Gasteiger partial charge on any atom is -0.466 e. The molecular formula is C15H17N3O3. The van der Waals surface area contributed by atoms with Crippen LogP contribution in [0.1, 0.15) is 23.8 Å². The van der Waals surface area contributed by atoms with Crippen LogP contribution in [-0.2, 0) is 9.53 Å². The topological polar surface area (TPSA) is 73.2 Å². The van der Waals surface area contributed by atoms with E-state index >= 15 is 0 Å². The zero-order valence-corrected chi connectivity index (χ0v) is 11.8. The summed E-state index contributed by atoms with van der Waals surface area (Å²) in [5, 5.41) is 6.84. The van der Waals surface area contributed by atoms with E-state index in [1.54, 1.807) is 23.9 Å². The number of para-hydroxylation sites is 1. The van der Waals surface area contributed by atoms with E-state index in [1.165, 1.54) is 0 Å². The van der Waals surface area contributed by atoms with Gasteiger partial charge in [-0.1, -0.05) is 18.2 Å². The van der Waals surface area contributed by atoms with E-state index in [2.05, 4.69) is 10.4 Å². The normalized spacial score (nSPS) is 10.1. The zero-order chi connectivity index (χ0) is 15.1. The lowest BCUT2D eigenvalue weighted by atomic mass is 10.3. The molecule has 0 atom stereocenters. The van der Waals surface area contributed by atoms with Crippen molar-refractivity contribution in [3.05, 3.63) is 48.3 Å². The molecule has 0 aliphatic heterocycles. The number of nitrogens with one attached hydrogen (secondary N) is 1. The van der Waals surface area contributed by atoms with E-state index in [4.69, 9.17) is 4.74 Å². The molecule has 0 spiro atoms. The Morgan fingerprint density at radius 2 is 2.00 bits per heavy atom. The first-order valence-corrected chi connectivity index (χ1v) is 6.75. The molecule has 1 N–H and O–H groups in total. The molecule has 1 amide bonds. The molecule has 2 aromatic rings. The Morgan fingerprint density at radius 1 is 1.24 bits per heavy atom. The molecule has 0 aliphatic carbocycles. The van der Waals surface area contributed by atoms with Gasteiger partial charge in [0, 0.05) is 12.7 Å². The first-order chi connectivity index (χ1) is 10.2. The second-order valence-corrected chi connectivity index (χ2v) is 4.29. The van der Waals surface area contributed by atoms with Gasteiger partial charge >= 0.3 is 5.97 Å². The maximum Gasteiger partial charge on any atom is 0.307 e. The standard InChI is InChI=1S/C15H17N3O3/c1-2-21-14(19)8-10-16-15(20)13-9-11-18(17-13)12-6-4-3-5-7-12/h3-7,9,11H,2,8,10H2,1H3,(H,16,20). The summed E-state index contributed by atoms with van der Waals surface area (Å²) in [7, 11) is 0. The summed E-state index contributed by atoms with van der Waals surface area (Å²) in [5.41, 5.74) is 1.19.